The van der Waals surface area contributed by atoms with Crippen molar-refractivity contribution < 1.29 is 18.7 Å². The Morgan fingerprint density at radius 1 is 0.469 bits per heavy atom. The van der Waals surface area contributed by atoms with E-state index in [0.717, 1.165) is 90.6 Å². The lowest BCUT2D eigenvalue weighted by Crippen LogP contribution is -2.36. The Labute approximate surface area is 382 Å². The Kier molecular flexibility index (Phi) is 18.1. The van der Waals surface area contributed by atoms with Crippen LogP contribution in [-0.4, -0.2) is 92.2 Å². The smallest absolute Gasteiger partial charge is 0.219 e. The summed E-state index contributed by atoms with van der Waals surface area (Å²) < 4.78 is 4.94. The zero-order valence-corrected chi connectivity index (χ0v) is 39.9. The van der Waals surface area contributed by atoms with E-state index in [1.807, 2.05) is 14.1 Å². The molecule has 2 aromatic heterocycles. The molecule has 0 bridgehead atoms. The molecular weight excluding hydrogens is 795 g/mol. The Hall–Kier alpha value is -5.36. The highest BCUT2D eigenvalue weighted by Crippen LogP contribution is 2.26. The maximum Gasteiger partial charge on any atom is 0.219 e. The van der Waals surface area contributed by atoms with Gasteiger partial charge in [0.05, 0.1) is 0 Å². The third-order valence-corrected chi connectivity index (χ3v) is 12.4. The molecule has 0 saturated carbocycles. The first kappa shape index (κ1) is 48.1. The summed E-state index contributed by atoms with van der Waals surface area (Å²) in [5.74, 6) is 0.276. The van der Waals surface area contributed by atoms with Crippen molar-refractivity contribution in [1.82, 2.24) is 26.2 Å². The Morgan fingerprint density at radius 3 is 1.25 bits per heavy atom. The van der Waals surface area contributed by atoms with Gasteiger partial charge in [0.2, 0.25) is 33.9 Å². The zero-order valence-electron chi connectivity index (χ0n) is 39.9. The minimum Gasteiger partial charge on any atom is -0.377 e. The number of rotatable bonds is 26. The van der Waals surface area contributed by atoms with E-state index in [0.29, 0.717) is 25.9 Å². The molecule has 0 saturated heterocycles. The third kappa shape index (κ3) is 13.3. The second-order valence-corrected chi connectivity index (χ2v) is 18.0. The summed E-state index contributed by atoms with van der Waals surface area (Å²) in [5.41, 5.74) is 9.93. The van der Waals surface area contributed by atoms with E-state index < -0.39 is 0 Å². The number of unbranched alkanes of at least 4 members (excludes halogenated alkanes) is 4. The van der Waals surface area contributed by atoms with Gasteiger partial charge in [0, 0.05) is 137 Å². The van der Waals surface area contributed by atoms with Gasteiger partial charge in [-0.25, -0.2) is 0 Å². The number of carbonyl (C=O) groups excluding carboxylic acids is 2. The van der Waals surface area contributed by atoms with Gasteiger partial charge in [0.25, 0.3) is 0 Å². The van der Waals surface area contributed by atoms with Crippen molar-refractivity contribution >= 4 is 66.8 Å². The summed E-state index contributed by atoms with van der Waals surface area (Å²) in [6.07, 6.45) is 8.72. The quantitative estimate of drug-likeness (QED) is 0.0260. The van der Waals surface area contributed by atoms with Gasteiger partial charge < -0.3 is 36.0 Å². The first-order chi connectivity index (χ1) is 31.0. The molecule has 11 nitrogen and oxygen atoms in total. The van der Waals surface area contributed by atoms with Crippen molar-refractivity contribution in [2.75, 3.05) is 85.3 Å². The van der Waals surface area contributed by atoms with Gasteiger partial charge in [0.15, 0.2) is 0 Å². The predicted molar refractivity (Wildman–Crippen MR) is 267 cm³/mol. The molecule has 0 unspecified atom stereocenters. The second-order valence-electron chi connectivity index (χ2n) is 18.0. The molecule has 0 aliphatic rings. The Balaban J connectivity index is 0.839. The normalized spacial score (nSPS) is 11.6. The second kappa shape index (κ2) is 24.1. The molecule has 0 radical (unpaired) electrons. The van der Waals surface area contributed by atoms with Crippen LogP contribution in [0, 0.1) is 0 Å². The molecule has 2 amide bonds. The number of nitrogens with one attached hydrogen (secondary N) is 4. The molecule has 342 valence electrons. The molecule has 6 rings (SSSR count). The lowest BCUT2D eigenvalue weighted by atomic mass is 10.0. The molecule has 0 aliphatic carbocycles. The van der Waals surface area contributed by atoms with Crippen LogP contribution in [-0.2, 0) is 35.8 Å². The maximum atomic E-state index is 12.7. The van der Waals surface area contributed by atoms with E-state index >= 15 is 0 Å². The van der Waals surface area contributed by atoms with Crippen LogP contribution in [0.5, 0.6) is 0 Å². The van der Waals surface area contributed by atoms with Crippen molar-refractivity contribution in [2.45, 2.75) is 90.4 Å². The van der Waals surface area contributed by atoms with Crippen molar-refractivity contribution in [1.29, 1.82) is 0 Å². The standard InChI is InChI=1S/C53H73N9O2/c1-54-38-40-18-20-42-34-43-21-19-41(39-55-2)33-49(43)61(48(42)32-40)30-12-8-10-16-52(63)56-26-14-28-60(7)29-15-27-57-53(64)17-11-9-13-31-62-50-36-46(58(3)4)24-22-44(50)35-45-23-25-47(59(5)6)37-51(45)62/h18-25,32-37,54-55H,8-17,26-31,38-39H2,1-7H3/p+2. The van der Waals surface area contributed by atoms with Crippen LogP contribution < -0.4 is 40.2 Å². The van der Waals surface area contributed by atoms with E-state index in [9.17, 15) is 9.59 Å². The number of aromatic nitrogens is 2. The molecule has 11 heteroatoms. The topological polar surface area (TPSA) is 99.7 Å². The minimum absolute atomic E-state index is 0.137. The van der Waals surface area contributed by atoms with Gasteiger partial charge in [-0.15, -0.1) is 0 Å². The molecule has 0 atom stereocenters. The number of carbonyl (C=O) groups is 2. The molecule has 4 N–H and O–H groups in total. The fraction of sp³-hybridized carbons (Fsp3) is 0.472. The van der Waals surface area contributed by atoms with Gasteiger partial charge >= 0.3 is 0 Å². The van der Waals surface area contributed by atoms with Crippen LogP contribution >= 0.6 is 0 Å². The summed E-state index contributed by atoms with van der Waals surface area (Å²) in [6, 6.07) is 31.5. The van der Waals surface area contributed by atoms with Gasteiger partial charge in [-0.1, -0.05) is 12.1 Å². The molecule has 6 aromatic rings. The minimum atomic E-state index is 0.137. The SMILES string of the molecule is CNCc1ccc2cc3ccc(CNC)cc3[n+](CCCCCC(=O)NCCCN(C)CCCNC(=O)CCCCC[n+]3c4cc(N(C)C)ccc4cc4ccc(N(C)C)cc43)c2c1. The number of anilines is 2. The fourth-order valence-corrected chi connectivity index (χ4v) is 8.83. The molecular formula is C53H75N9O2+2. The molecule has 64 heavy (non-hydrogen) atoms. The number of nitrogens with zero attached hydrogens (tertiary/aromatic N) is 5. The van der Waals surface area contributed by atoms with E-state index in [1.165, 1.54) is 66.1 Å². The third-order valence-electron chi connectivity index (χ3n) is 12.4. The number of aryl methyl sites for hydroxylation is 2. The highest BCUT2D eigenvalue weighted by molar-refractivity contribution is 5.92. The van der Waals surface area contributed by atoms with Crippen LogP contribution in [0.1, 0.15) is 75.3 Å². The van der Waals surface area contributed by atoms with Gasteiger partial charge in [0.1, 0.15) is 13.1 Å². The van der Waals surface area contributed by atoms with Crippen molar-refractivity contribution in [2.24, 2.45) is 0 Å². The molecule has 0 spiro atoms. The Bertz CT molecular complexity index is 2350. The van der Waals surface area contributed by atoms with Crippen LogP contribution in [0.4, 0.5) is 11.4 Å². The molecule has 0 fully saturated rings. The van der Waals surface area contributed by atoms with Crippen LogP contribution in [0.3, 0.4) is 0 Å². The zero-order chi connectivity index (χ0) is 45.4. The van der Waals surface area contributed by atoms with Crippen LogP contribution in [0.25, 0.3) is 43.6 Å². The number of hydrogen-bond acceptors (Lipinski definition) is 7. The Morgan fingerprint density at radius 2 is 0.859 bits per heavy atom. The van der Waals surface area contributed by atoms with E-state index in [2.05, 4.69) is 165 Å². The van der Waals surface area contributed by atoms with Crippen molar-refractivity contribution in [3.8, 4) is 0 Å². The van der Waals surface area contributed by atoms with Crippen molar-refractivity contribution in [3.05, 3.63) is 96.1 Å². The van der Waals surface area contributed by atoms with Gasteiger partial charge in [-0.3, -0.25) is 9.59 Å². The highest BCUT2D eigenvalue weighted by Gasteiger charge is 2.19. The average molecular weight is 870 g/mol. The maximum absolute atomic E-state index is 12.7. The summed E-state index contributed by atoms with van der Waals surface area (Å²) in [7, 11) is 14.4. The number of fused-ring (bicyclic) bond motifs is 4. The molecule has 2 heterocycles. The lowest BCUT2D eigenvalue weighted by molar-refractivity contribution is -0.646. The first-order valence-electron chi connectivity index (χ1n) is 23.7. The fourth-order valence-electron chi connectivity index (χ4n) is 8.83. The summed E-state index contributed by atoms with van der Waals surface area (Å²) >= 11 is 0. The van der Waals surface area contributed by atoms with E-state index in [4.69, 9.17) is 0 Å². The molecule has 4 aromatic carbocycles. The number of amides is 2. The van der Waals surface area contributed by atoms with Crippen LogP contribution in [0.2, 0.25) is 0 Å². The van der Waals surface area contributed by atoms with Gasteiger partial charge in [-0.05, 0) is 132 Å². The number of hydrogen-bond donors (Lipinski definition) is 4. The van der Waals surface area contributed by atoms with E-state index in [1.54, 1.807) is 0 Å². The van der Waals surface area contributed by atoms with Crippen molar-refractivity contribution in [3.63, 3.8) is 0 Å². The molecule has 0 aliphatic heterocycles. The average Bonchev–Trinajstić information content (AvgIpc) is 3.28. The monoisotopic (exact) mass is 870 g/mol. The van der Waals surface area contributed by atoms with Crippen LogP contribution in [0.15, 0.2) is 84.9 Å². The summed E-state index contributed by atoms with van der Waals surface area (Å²) in [6.45, 7) is 6.68. The largest absolute Gasteiger partial charge is 0.377 e. The van der Waals surface area contributed by atoms with E-state index in [-0.39, 0.29) is 11.8 Å². The van der Waals surface area contributed by atoms with Gasteiger partial charge in [-0.2, -0.15) is 9.13 Å². The highest BCUT2D eigenvalue weighted by atomic mass is 16.2. The summed E-state index contributed by atoms with van der Waals surface area (Å²) in [4.78, 5) is 32.0. The summed E-state index contributed by atoms with van der Waals surface area (Å²) in [5, 5.41) is 17.8. The number of pyridine rings is 2. The first-order valence-corrected chi connectivity index (χ1v) is 23.7. The number of benzene rings is 4. The lowest BCUT2D eigenvalue weighted by Gasteiger charge is -2.16. The predicted octanol–water partition coefficient (Wildman–Crippen LogP) is 7.21.